The van der Waals surface area contributed by atoms with Crippen LogP contribution in [-0.4, -0.2) is 5.78 Å². The van der Waals surface area contributed by atoms with Crippen LogP contribution in [0.2, 0.25) is 0 Å². The number of rotatable bonds is 4. The number of benzene rings is 2. The van der Waals surface area contributed by atoms with E-state index >= 15 is 0 Å². The van der Waals surface area contributed by atoms with E-state index in [4.69, 9.17) is 11.5 Å². The third-order valence-electron chi connectivity index (χ3n) is 2.77. The highest BCUT2D eigenvalue weighted by molar-refractivity contribution is 6.11. The molecule has 2 aromatic carbocycles. The second-order valence-electron chi connectivity index (χ2n) is 4.35. The SMILES string of the molecule is NC(=Cc1ccccc1)C(=O)C(N)=Cc1ccccc1. The Morgan fingerprint density at radius 2 is 1.05 bits per heavy atom. The second kappa shape index (κ2) is 6.38. The molecule has 20 heavy (non-hydrogen) atoms. The summed E-state index contributed by atoms with van der Waals surface area (Å²) in [5, 5.41) is 0. The lowest BCUT2D eigenvalue weighted by molar-refractivity contribution is -0.112. The number of carbonyl (C=O) groups is 1. The van der Waals surface area contributed by atoms with E-state index in [1.54, 1.807) is 12.2 Å². The Bertz CT molecular complexity index is 586. The van der Waals surface area contributed by atoms with Gasteiger partial charge < -0.3 is 11.5 Å². The molecule has 0 aliphatic heterocycles. The molecule has 0 bridgehead atoms. The molecule has 0 aromatic heterocycles. The Morgan fingerprint density at radius 1 is 0.700 bits per heavy atom. The van der Waals surface area contributed by atoms with E-state index in [-0.39, 0.29) is 17.2 Å². The average Bonchev–Trinajstić information content (AvgIpc) is 2.48. The van der Waals surface area contributed by atoms with Gasteiger partial charge in [0.2, 0.25) is 5.78 Å². The number of hydrogen-bond donors (Lipinski definition) is 2. The maximum absolute atomic E-state index is 12.1. The summed E-state index contributed by atoms with van der Waals surface area (Å²) in [6, 6.07) is 18.8. The molecule has 4 N–H and O–H groups in total. The fourth-order valence-corrected chi connectivity index (χ4v) is 1.76. The largest absolute Gasteiger partial charge is 0.395 e. The van der Waals surface area contributed by atoms with Crippen LogP contribution in [0.1, 0.15) is 11.1 Å². The third kappa shape index (κ3) is 3.59. The molecule has 0 saturated carbocycles. The van der Waals surface area contributed by atoms with Gasteiger partial charge in [-0.1, -0.05) is 60.7 Å². The third-order valence-corrected chi connectivity index (χ3v) is 2.77. The van der Waals surface area contributed by atoms with Gasteiger partial charge in [0.25, 0.3) is 0 Å². The first-order chi connectivity index (χ1) is 9.66. The Balaban J connectivity index is 2.19. The molecule has 0 radical (unpaired) electrons. The summed E-state index contributed by atoms with van der Waals surface area (Å²) < 4.78 is 0. The number of carbonyl (C=O) groups excluding carboxylic acids is 1. The highest BCUT2D eigenvalue weighted by Crippen LogP contribution is 2.09. The fourth-order valence-electron chi connectivity index (χ4n) is 1.76. The number of Topliss-reactive ketones (excluding diaryl/α,β-unsaturated/α-hetero) is 1. The van der Waals surface area contributed by atoms with E-state index in [1.165, 1.54) is 0 Å². The predicted octanol–water partition coefficient (Wildman–Crippen LogP) is 2.56. The van der Waals surface area contributed by atoms with E-state index in [9.17, 15) is 4.79 Å². The lowest BCUT2D eigenvalue weighted by Crippen LogP contribution is -2.18. The normalized spacial score (nSPS) is 12.2. The molecule has 0 atom stereocenters. The maximum atomic E-state index is 12.1. The van der Waals surface area contributed by atoms with Gasteiger partial charge in [-0.25, -0.2) is 0 Å². The summed E-state index contributed by atoms with van der Waals surface area (Å²) in [7, 11) is 0. The van der Waals surface area contributed by atoms with E-state index in [0.717, 1.165) is 11.1 Å². The van der Waals surface area contributed by atoms with Gasteiger partial charge >= 0.3 is 0 Å². The fraction of sp³-hybridized carbons (Fsp3) is 0. The van der Waals surface area contributed by atoms with Crippen LogP contribution in [-0.2, 0) is 4.79 Å². The molecule has 0 unspecified atom stereocenters. The van der Waals surface area contributed by atoms with Crippen LogP contribution in [0.15, 0.2) is 72.1 Å². The quantitative estimate of drug-likeness (QED) is 0.834. The summed E-state index contributed by atoms with van der Waals surface area (Å²) in [4.78, 5) is 12.1. The highest BCUT2D eigenvalue weighted by atomic mass is 16.1. The standard InChI is InChI=1S/C17H16N2O/c18-15(11-13-7-3-1-4-8-13)17(20)16(19)12-14-9-5-2-6-10-14/h1-12H,18-19H2. The summed E-state index contributed by atoms with van der Waals surface area (Å²) >= 11 is 0. The monoisotopic (exact) mass is 264 g/mol. The van der Waals surface area contributed by atoms with Crippen LogP contribution in [0, 0.1) is 0 Å². The summed E-state index contributed by atoms with van der Waals surface area (Å²) in [5.41, 5.74) is 13.6. The molecular formula is C17H16N2O. The van der Waals surface area contributed by atoms with E-state index < -0.39 is 0 Å². The van der Waals surface area contributed by atoms with Gasteiger partial charge in [-0.15, -0.1) is 0 Å². The van der Waals surface area contributed by atoms with Crippen LogP contribution in [0.3, 0.4) is 0 Å². The van der Waals surface area contributed by atoms with Crippen molar-refractivity contribution in [2.75, 3.05) is 0 Å². The minimum atomic E-state index is -0.363. The van der Waals surface area contributed by atoms with Crippen molar-refractivity contribution in [2.24, 2.45) is 11.5 Å². The summed E-state index contributed by atoms with van der Waals surface area (Å²) in [6.45, 7) is 0. The van der Waals surface area contributed by atoms with Crippen molar-refractivity contribution in [3.05, 3.63) is 83.2 Å². The predicted molar refractivity (Wildman–Crippen MR) is 82.2 cm³/mol. The number of nitrogens with two attached hydrogens (primary N) is 2. The number of ketones is 1. The van der Waals surface area contributed by atoms with Gasteiger partial charge in [0, 0.05) is 0 Å². The van der Waals surface area contributed by atoms with Crippen molar-refractivity contribution < 1.29 is 4.79 Å². The maximum Gasteiger partial charge on any atom is 0.224 e. The van der Waals surface area contributed by atoms with Crippen molar-refractivity contribution in [1.82, 2.24) is 0 Å². The van der Waals surface area contributed by atoms with Crippen LogP contribution >= 0.6 is 0 Å². The molecule has 3 heteroatoms. The van der Waals surface area contributed by atoms with Gasteiger partial charge in [-0.05, 0) is 23.3 Å². The lowest BCUT2D eigenvalue weighted by atomic mass is 10.1. The van der Waals surface area contributed by atoms with Gasteiger partial charge in [-0.2, -0.15) is 0 Å². The zero-order valence-electron chi connectivity index (χ0n) is 11.0. The number of hydrogen-bond acceptors (Lipinski definition) is 3. The van der Waals surface area contributed by atoms with Gasteiger partial charge in [0.15, 0.2) is 0 Å². The molecular weight excluding hydrogens is 248 g/mol. The Labute approximate surface area is 118 Å². The molecule has 0 fully saturated rings. The summed E-state index contributed by atoms with van der Waals surface area (Å²) in [6.07, 6.45) is 3.24. The van der Waals surface area contributed by atoms with Crippen molar-refractivity contribution in [2.45, 2.75) is 0 Å². The smallest absolute Gasteiger partial charge is 0.224 e. The molecule has 0 aliphatic rings. The Kier molecular flexibility index (Phi) is 4.35. The van der Waals surface area contributed by atoms with Crippen LogP contribution in [0.25, 0.3) is 12.2 Å². The van der Waals surface area contributed by atoms with Crippen molar-refractivity contribution >= 4 is 17.9 Å². The first kappa shape index (κ1) is 13.6. The Morgan fingerprint density at radius 3 is 1.40 bits per heavy atom. The Hall–Kier alpha value is -2.81. The van der Waals surface area contributed by atoms with Crippen molar-refractivity contribution in [3.8, 4) is 0 Å². The van der Waals surface area contributed by atoms with Crippen LogP contribution in [0.5, 0.6) is 0 Å². The minimum absolute atomic E-state index is 0.126. The molecule has 2 aromatic rings. The van der Waals surface area contributed by atoms with Gasteiger partial charge in [-0.3, -0.25) is 4.79 Å². The van der Waals surface area contributed by atoms with E-state index in [2.05, 4.69) is 0 Å². The molecule has 0 amide bonds. The van der Waals surface area contributed by atoms with Gasteiger partial charge in [0.05, 0.1) is 11.4 Å². The average molecular weight is 264 g/mol. The van der Waals surface area contributed by atoms with Crippen molar-refractivity contribution in [3.63, 3.8) is 0 Å². The molecule has 2 rings (SSSR count). The van der Waals surface area contributed by atoms with Crippen LogP contribution < -0.4 is 11.5 Å². The zero-order valence-corrected chi connectivity index (χ0v) is 11.0. The molecule has 0 heterocycles. The van der Waals surface area contributed by atoms with E-state index in [0.29, 0.717) is 0 Å². The summed E-state index contributed by atoms with van der Waals surface area (Å²) in [5.74, 6) is -0.363. The first-order valence-electron chi connectivity index (χ1n) is 6.26. The van der Waals surface area contributed by atoms with Crippen LogP contribution in [0.4, 0.5) is 0 Å². The topological polar surface area (TPSA) is 69.1 Å². The van der Waals surface area contributed by atoms with Crippen molar-refractivity contribution in [1.29, 1.82) is 0 Å². The highest BCUT2D eigenvalue weighted by Gasteiger charge is 2.09. The minimum Gasteiger partial charge on any atom is -0.395 e. The lowest BCUT2D eigenvalue weighted by Gasteiger charge is -2.02. The molecule has 0 saturated heterocycles. The molecule has 0 aliphatic carbocycles. The molecule has 3 nitrogen and oxygen atoms in total. The first-order valence-corrected chi connectivity index (χ1v) is 6.26. The molecule has 0 spiro atoms. The van der Waals surface area contributed by atoms with Gasteiger partial charge in [0.1, 0.15) is 0 Å². The zero-order chi connectivity index (χ0) is 14.4. The molecule has 100 valence electrons. The second-order valence-corrected chi connectivity index (χ2v) is 4.35. The van der Waals surface area contributed by atoms with E-state index in [1.807, 2.05) is 60.7 Å².